The Morgan fingerprint density at radius 1 is 0.947 bits per heavy atom. The van der Waals surface area contributed by atoms with Gasteiger partial charge < -0.3 is 5.73 Å². The Morgan fingerprint density at radius 2 is 1.63 bits per heavy atom. The number of carbonyl (C=O) groups excluding carboxylic acids is 1. The quantitative estimate of drug-likeness (QED) is 0.758. The van der Waals surface area contributed by atoms with Gasteiger partial charge in [0.2, 0.25) is 5.91 Å². The number of fused-ring (bicyclic) bond motifs is 1. The molecule has 0 aliphatic carbocycles. The van der Waals surface area contributed by atoms with Crippen LogP contribution in [0.2, 0.25) is 0 Å². The van der Waals surface area contributed by atoms with Crippen molar-refractivity contribution in [1.29, 1.82) is 0 Å². The molecule has 0 spiro atoms. The number of amides is 1. The highest BCUT2D eigenvalue weighted by Gasteiger charge is 2.10. The number of nitrogens with zero attached hydrogens (tertiary/aromatic N) is 1. The van der Waals surface area contributed by atoms with E-state index in [1.807, 2.05) is 48.7 Å². The minimum absolute atomic E-state index is 0.439. The van der Waals surface area contributed by atoms with Crippen LogP contribution in [0, 0.1) is 0 Å². The van der Waals surface area contributed by atoms with E-state index < -0.39 is 5.91 Å². The second-order valence-electron chi connectivity index (χ2n) is 4.33. The number of nitrogens with two attached hydrogens (primary N) is 1. The van der Waals surface area contributed by atoms with Gasteiger partial charge in [0.25, 0.3) is 0 Å². The minimum Gasteiger partial charge on any atom is -0.366 e. The van der Waals surface area contributed by atoms with Crippen LogP contribution in [0.3, 0.4) is 0 Å². The van der Waals surface area contributed by atoms with E-state index in [1.54, 1.807) is 12.1 Å². The summed E-state index contributed by atoms with van der Waals surface area (Å²) in [4.78, 5) is 15.9. The van der Waals surface area contributed by atoms with Gasteiger partial charge in [-0.1, -0.05) is 42.5 Å². The van der Waals surface area contributed by atoms with Gasteiger partial charge in [-0.25, -0.2) is 0 Å². The molecule has 0 saturated carbocycles. The highest BCUT2D eigenvalue weighted by molar-refractivity contribution is 6.00. The van der Waals surface area contributed by atoms with E-state index in [0.29, 0.717) is 5.56 Å². The molecule has 0 saturated heterocycles. The number of primary amides is 1. The maximum Gasteiger partial charge on any atom is 0.249 e. The molecule has 3 aromatic rings. The van der Waals surface area contributed by atoms with Gasteiger partial charge in [-0.15, -0.1) is 0 Å². The molecule has 0 atom stereocenters. The third kappa shape index (κ3) is 2.06. The van der Waals surface area contributed by atoms with Crippen molar-refractivity contribution >= 4 is 16.7 Å². The van der Waals surface area contributed by atoms with Gasteiger partial charge in [0.1, 0.15) is 0 Å². The molecule has 2 N–H and O–H groups in total. The maximum absolute atomic E-state index is 11.5. The molecule has 0 aliphatic rings. The normalized spacial score (nSPS) is 10.5. The average molecular weight is 248 g/mol. The molecule has 3 heteroatoms. The Hall–Kier alpha value is -2.68. The summed E-state index contributed by atoms with van der Waals surface area (Å²) in [5, 5.41) is 2.16. The molecule has 2 aromatic carbocycles. The van der Waals surface area contributed by atoms with Crippen molar-refractivity contribution in [3.63, 3.8) is 0 Å². The number of hydrogen-bond donors (Lipinski definition) is 1. The summed E-state index contributed by atoms with van der Waals surface area (Å²) in [5.41, 5.74) is 7.41. The van der Waals surface area contributed by atoms with Crippen LogP contribution in [0.15, 0.2) is 60.8 Å². The Bertz CT molecular complexity index is 765. The second kappa shape index (κ2) is 4.53. The lowest BCUT2D eigenvalue weighted by molar-refractivity contribution is 0.100. The number of rotatable bonds is 2. The molecule has 0 fully saturated rings. The van der Waals surface area contributed by atoms with Crippen LogP contribution in [0.4, 0.5) is 0 Å². The van der Waals surface area contributed by atoms with E-state index in [0.717, 1.165) is 22.0 Å². The Morgan fingerprint density at radius 3 is 2.42 bits per heavy atom. The molecule has 0 bridgehead atoms. The Labute approximate surface area is 110 Å². The summed E-state index contributed by atoms with van der Waals surface area (Å²) in [6.07, 6.45) is 1.81. The monoisotopic (exact) mass is 248 g/mol. The zero-order chi connectivity index (χ0) is 13.2. The van der Waals surface area contributed by atoms with Gasteiger partial charge in [-0.2, -0.15) is 0 Å². The van der Waals surface area contributed by atoms with E-state index in [2.05, 4.69) is 4.98 Å². The molecule has 1 heterocycles. The van der Waals surface area contributed by atoms with Gasteiger partial charge in [0, 0.05) is 22.7 Å². The summed E-state index contributed by atoms with van der Waals surface area (Å²) < 4.78 is 0. The van der Waals surface area contributed by atoms with Crippen LogP contribution in [0.25, 0.3) is 22.0 Å². The van der Waals surface area contributed by atoms with Crippen molar-refractivity contribution in [2.24, 2.45) is 5.73 Å². The second-order valence-corrected chi connectivity index (χ2v) is 4.33. The predicted molar refractivity (Wildman–Crippen MR) is 75.7 cm³/mol. The Balaban J connectivity index is 2.22. The van der Waals surface area contributed by atoms with E-state index in [-0.39, 0.29) is 0 Å². The molecule has 92 valence electrons. The van der Waals surface area contributed by atoms with Crippen molar-refractivity contribution < 1.29 is 4.79 Å². The lowest BCUT2D eigenvalue weighted by Gasteiger charge is -2.07. The largest absolute Gasteiger partial charge is 0.366 e. The first-order valence-electron chi connectivity index (χ1n) is 6.00. The van der Waals surface area contributed by atoms with Crippen molar-refractivity contribution in [3.05, 3.63) is 66.4 Å². The Kier molecular flexibility index (Phi) is 2.72. The van der Waals surface area contributed by atoms with Gasteiger partial charge in [-0.3, -0.25) is 9.78 Å². The van der Waals surface area contributed by atoms with Crippen LogP contribution in [-0.2, 0) is 0 Å². The summed E-state index contributed by atoms with van der Waals surface area (Å²) in [6, 6.07) is 17.2. The molecule has 0 aliphatic heterocycles. The minimum atomic E-state index is -0.439. The van der Waals surface area contributed by atoms with Crippen LogP contribution < -0.4 is 5.73 Å². The lowest BCUT2D eigenvalue weighted by atomic mass is 10.0. The van der Waals surface area contributed by atoms with Gasteiger partial charge in [0.15, 0.2) is 0 Å². The summed E-state index contributed by atoms with van der Waals surface area (Å²) in [5.74, 6) is -0.439. The smallest absolute Gasteiger partial charge is 0.249 e. The first-order valence-corrected chi connectivity index (χ1v) is 6.00. The fourth-order valence-electron chi connectivity index (χ4n) is 2.15. The van der Waals surface area contributed by atoms with E-state index in [4.69, 9.17) is 5.73 Å². The third-order valence-corrected chi connectivity index (χ3v) is 3.10. The zero-order valence-corrected chi connectivity index (χ0v) is 10.2. The van der Waals surface area contributed by atoms with Crippen LogP contribution >= 0.6 is 0 Å². The van der Waals surface area contributed by atoms with Crippen molar-refractivity contribution in [1.82, 2.24) is 4.98 Å². The first-order chi connectivity index (χ1) is 9.25. The van der Waals surface area contributed by atoms with E-state index in [1.165, 1.54) is 0 Å². The average Bonchev–Trinajstić information content (AvgIpc) is 2.46. The van der Waals surface area contributed by atoms with Gasteiger partial charge in [-0.05, 0) is 17.5 Å². The topological polar surface area (TPSA) is 56.0 Å². The highest BCUT2D eigenvalue weighted by Crippen LogP contribution is 2.24. The van der Waals surface area contributed by atoms with Crippen LogP contribution in [0.5, 0.6) is 0 Å². The summed E-state index contributed by atoms with van der Waals surface area (Å²) in [7, 11) is 0. The molecule has 19 heavy (non-hydrogen) atoms. The van der Waals surface area contributed by atoms with Gasteiger partial charge in [0.05, 0.1) is 5.69 Å². The maximum atomic E-state index is 11.5. The van der Waals surface area contributed by atoms with Crippen LogP contribution in [-0.4, -0.2) is 10.9 Å². The zero-order valence-electron chi connectivity index (χ0n) is 10.2. The fraction of sp³-hybridized carbons (Fsp3) is 0. The summed E-state index contributed by atoms with van der Waals surface area (Å²) >= 11 is 0. The lowest BCUT2D eigenvalue weighted by Crippen LogP contribution is -2.12. The number of carbonyl (C=O) groups is 1. The van der Waals surface area contributed by atoms with Gasteiger partial charge >= 0.3 is 0 Å². The number of aromatic nitrogens is 1. The van der Waals surface area contributed by atoms with Crippen molar-refractivity contribution in [2.75, 3.05) is 0 Å². The molecule has 0 unspecified atom stereocenters. The molecule has 1 aromatic heterocycles. The molecular formula is C16H12N2O. The molecule has 1 amide bonds. The standard InChI is InChI=1S/C16H12N2O/c17-16(19)14-8-4-3-7-13(14)15-9-11-5-1-2-6-12(11)10-18-15/h1-10H,(H2,17,19). The molecule has 3 rings (SSSR count). The fourth-order valence-corrected chi connectivity index (χ4v) is 2.15. The predicted octanol–water partition coefficient (Wildman–Crippen LogP) is 3.00. The van der Waals surface area contributed by atoms with Crippen LogP contribution in [0.1, 0.15) is 10.4 Å². The summed E-state index contributed by atoms with van der Waals surface area (Å²) in [6.45, 7) is 0. The van der Waals surface area contributed by atoms with Crippen molar-refractivity contribution in [2.45, 2.75) is 0 Å². The molecular weight excluding hydrogens is 236 g/mol. The highest BCUT2D eigenvalue weighted by atomic mass is 16.1. The SMILES string of the molecule is NC(=O)c1ccccc1-c1cc2ccccc2cn1. The van der Waals surface area contributed by atoms with E-state index >= 15 is 0 Å². The number of pyridine rings is 1. The molecule has 3 nitrogen and oxygen atoms in total. The first kappa shape index (κ1) is 11.4. The van der Waals surface area contributed by atoms with E-state index in [9.17, 15) is 4.79 Å². The van der Waals surface area contributed by atoms with Crippen molar-refractivity contribution in [3.8, 4) is 11.3 Å². The number of benzene rings is 2. The number of hydrogen-bond acceptors (Lipinski definition) is 2. The molecule has 0 radical (unpaired) electrons. The third-order valence-electron chi connectivity index (χ3n) is 3.10.